The van der Waals surface area contributed by atoms with Crippen molar-refractivity contribution in [3.63, 3.8) is 0 Å². The molecule has 3 N–H and O–H groups in total. The summed E-state index contributed by atoms with van der Waals surface area (Å²) >= 11 is 1.62. The Balaban J connectivity index is 1.34. The van der Waals surface area contributed by atoms with Crippen molar-refractivity contribution in [2.24, 2.45) is 5.92 Å². The molecule has 27 heavy (non-hydrogen) atoms. The Labute approximate surface area is 163 Å². The molecule has 4 rings (SSSR count). The van der Waals surface area contributed by atoms with Crippen molar-refractivity contribution in [1.29, 1.82) is 0 Å². The van der Waals surface area contributed by atoms with Gasteiger partial charge in [0, 0.05) is 40.0 Å². The fourth-order valence-electron chi connectivity index (χ4n) is 3.88. The van der Waals surface area contributed by atoms with Crippen LogP contribution in [0.1, 0.15) is 30.1 Å². The second kappa shape index (κ2) is 7.74. The molecule has 2 aromatic rings. The lowest BCUT2D eigenvalue weighted by Crippen LogP contribution is -2.47. The van der Waals surface area contributed by atoms with Crippen molar-refractivity contribution in [2.75, 3.05) is 11.9 Å². The lowest BCUT2D eigenvalue weighted by molar-refractivity contribution is -0.114. The number of anilines is 1. The minimum absolute atomic E-state index is 0.00515. The normalized spacial score (nSPS) is 23.2. The number of benzene rings is 2. The van der Waals surface area contributed by atoms with Gasteiger partial charge in [-0.3, -0.25) is 9.59 Å². The molecule has 5 nitrogen and oxygen atoms in total. The lowest BCUT2D eigenvalue weighted by Gasteiger charge is -2.24. The van der Waals surface area contributed by atoms with Gasteiger partial charge in [0.2, 0.25) is 5.91 Å². The minimum Gasteiger partial charge on any atom is -0.348 e. The molecular weight excluding hydrogens is 358 g/mol. The molecule has 140 valence electrons. The summed E-state index contributed by atoms with van der Waals surface area (Å²) in [7, 11) is 0. The first-order valence-corrected chi connectivity index (χ1v) is 10.1. The Kier molecular flexibility index (Phi) is 5.18. The van der Waals surface area contributed by atoms with Crippen LogP contribution in [0.15, 0.2) is 58.3 Å². The molecule has 1 saturated carbocycles. The number of carbonyl (C=O) groups excluding carboxylic acids is 2. The van der Waals surface area contributed by atoms with Crippen LogP contribution in [0.25, 0.3) is 0 Å². The smallest absolute Gasteiger partial charge is 0.251 e. The first kappa shape index (κ1) is 18.1. The topological polar surface area (TPSA) is 70.2 Å². The molecule has 2 bridgehead atoms. The van der Waals surface area contributed by atoms with Gasteiger partial charge in [0.05, 0.1) is 0 Å². The maximum Gasteiger partial charge on any atom is 0.251 e. The second-order valence-corrected chi connectivity index (χ2v) is 8.41. The molecular formula is C21H23N3O2S. The summed E-state index contributed by atoms with van der Waals surface area (Å²) in [5.74, 6) is 0.646. The molecule has 2 fully saturated rings. The predicted octanol–water partition coefficient (Wildman–Crippen LogP) is 3.28. The van der Waals surface area contributed by atoms with Crippen LogP contribution in [0, 0.1) is 5.92 Å². The second-order valence-electron chi connectivity index (χ2n) is 7.26. The monoisotopic (exact) mass is 381 g/mol. The molecule has 6 heteroatoms. The highest BCUT2D eigenvalue weighted by atomic mass is 32.2. The molecule has 2 aromatic carbocycles. The van der Waals surface area contributed by atoms with Crippen LogP contribution in [-0.4, -0.2) is 30.4 Å². The van der Waals surface area contributed by atoms with Crippen molar-refractivity contribution >= 4 is 29.3 Å². The molecule has 0 aromatic heterocycles. The zero-order chi connectivity index (χ0) is 18.8. The largest absolute Gasteiger partial charge is 0.348 e. The summed E-state index contributed by atoms with van der Waals surface area (Å²) in [6.07, 6.45) is 2.27. The predicted molar refractivity (Wildman–Crippen MR) is 107 cm³/mol. The van der Waals surface area contributed by atoms with Gasteiger partial charge in [0.1, 0.15) is 0 Å². The van der Waals surface area contributed by atoms with E-state index in [9.17, 15) is 9.59 Å². The van der Waals surface area contributed by atoms with Crippen molar-refractivity contribution in [1.82, 2.24) is 10.6 Å². The molecule has 1 saturated heterocycles. The number of hydrogen-bond donors (Lipinski definition) is 3. The molecule has 0 radical (unpaired) electrons. The number of amides is 2. The molecule has 0 spiro atoms. The molecule has 1 aliphatic carbocycles. The van der Waals surface area contributed by atoms with Gasteiger partial charge in [0.25, 0.3) is 5.91 Å². The third-order valence-corrected chi connectivity index (χ3v) is 6.19. The van der Waals surface area contributed by atoms with E-state index in [1.54, 1.807) is 11.8 Å². The van der Waals surface area contributed by atoms with Gasteiger partial charge in [-0.15, -0.1) is 0 Å². The SMILES string of the molecule is CC(=O)Nc1ccc(Sc2ccc(C(=O)NC3CC4CNC3C4)cc2)cc1. The van der Waals surface area contributed by atoms with E-state index in [-0.39, 0.29) is 17.9 Å². The average Bonchev–Trinajstić information content (AvgIpc) is 3.26. The van der Waals surface area contributed by atoms with Crippen LogP contribution in [-0.2, 0) is 4.79 Å². The summed E-state index contributed by atoms with van der Waals surface area (Å²) in [6.45, 7) is 2.59. The number of hydrogen-bond acceptors (Lipinski definition) is 4. The van der Waals surface area contributed by atoms with Crippen molar-refractivity contribution in [3.8, 4) is 0 Å². The number of carbonyl (C=O) groups is 2. The van der Waals surface area contributed by atoms with E-state index in [4.69, 9.17) is 0 Å². The van der Waals surface area contributed by atoms with E-state index >= 15 is 0 Å². The Morgan fingerprint density at radius 1 is 1.00 bits per heavy atom. The van der Waals surface area contributed by atoms with Crippen LogP contribution >= 0.6 is 11.8 Å². The van der Waals surface area contributed by atoms with Crippen LogP contribution in [0.5, 0.6) is 0 Å². The van der Waals surface area contributed by atoms with Crippen LogP contribution in [0.4, 0.5) is 5.69 Å². The zero-order valence-electron chi connectivity index (χ0n) is 15.2. The molecule has 1 heterocycles. The number of rotatable bonds is 5. The summed E-state index contributed by atoms with van der Waals surface area (Å²) in [6, 6.07) is 16.1. The summed E-state index contributed by atoms with van der Waals surface area (Å²) in [5, 5.41) is 9.41. The van der Waals surface area contributed by atoms with Gasteiger partial charge < -0.3 is 16.0 Å². The van der Waals surface area contributed by atoms with Crippen molar-refractivity contribution in [2.45, 2.75) is 41.6 Å². The highest BCUT2D eigenvalue weighted by Crippen LogP contribution is 2.32. The van der Waals surface area contributed by atoms with Crippen LogP contribution in [0.3, 0.4) is 0 Å². The fraction of sp³-hybridized carbons (Fsp3) is 0.333. The Morgan fingerprint density at radius 3 is 2.22 bits per heavy atom. The van der Waals surface area contributed by atoms with Crippen molar-refractivity contribution in [3.05, 3.63) is 54.1 Å². The van der Waals surface area contributed by atoms with Crippen LogP contribution < -0.4 is 16.0 Å². The number of nitrogens with one attached hydrogen (secondary N) is 3. The summed E-state index contributed by atoms with van der Waals surface area (Å²) < 4.78 is 0. The maximum atomic E-state index is 12.5. The Hall–Kier alpha value is -2.31. The zero-order valence-corrected chi connectivity index (χ0v) is 16.0. The summed E-state index contributed by atoms with van der Waals surface area (Å²) in [5.41, 5.74) is 1.48. The highest BCUT2D eigenvalue weighted by Gasteiger charge is 2.39. The first-order chi connectivity index (χ1) is 13.1. The summed E-state index contributed by atoms with van der Waals surface area (Å²) in [4.78, 5) is 25.7. The minimum atomic E-state index is -0.0783. The third-order valence-electron chi connectivity index (χ3n) is 5.17. The van der Waals surface area contributed by atoms with E-state index in [1.165, 1.54) is 13.3 Å². The lowest BCUT2D eigenvalue weighted by atomic mass is 10.1. The highest BCUT2D eigenvalue weighted by molar-refractivity contribution is 7.99. The molecule has 2 amide bonds. The Bertz CT molecular complexity index is 836. The standard InChI is InChI=1S/C21H23N3O2S/c1-13(25)23-16-4-8-18(9-5-16)27-17-6-2-15(3-7-17)21(26)24-20-11-14-10-19(20)22-12-14/h2-9,14,19-20,22H,10-12H2,1H3,(H,23,25)(H,24,26). The quantitative estimate of drug-likeness (QED) is 0.743. The van der Waals surface area contributed by atoms with E-state index < -0.39 is 0 Å². The average molecular weight is 382 g/mol. The number of fused-ring (bicyclic) bond motifs is 2. The fourth-order valence-corrected chi connectivity index (χ4v) is 4.70. The van der Waals surface area contributed by atoms with E-state index in [0.717, 1.165) is 34.4 Å². The van der Waals surface area contributed by atoms with Crippen molar-refractivity contribution < 1.29 is 9.59 Å². The molecule has 3 unspecified atom stereocenters. The van der Waals surface area contributed by atoms with E-state index in [0.29, 0.717) is 11.6 Å². The van der Waals surface area contributed by atoms with Gasteiger partial charge in [-0.05, 0) is 73.8 Å². The maximum absolute atomic E-state index is 12.5. The van der Waals surface area contributed by atoms with Gasteiger partial charge in [0.15, 0.2) is 0 Å². The van der Waals surface area contributed by atoms with Gasteiger partial charge in [-0.25, -0.2) is 0 Å². The van der Waals surface area contributed by atoms with E-state index in [1.807, 2.05) is 48.5 Å². The first-order valence-electron chi connectivity index (χ1n) is 9.26. The number of piperidine rings is 1. The van der Waals surface area contributed by atoms with Gasteiger partial charge in [-0.1, -0.05) is 11.8 Å². The Morgan fingerprint density at radius 2 is 1.67 bits per heavy atom. The molecule has 3 atom stereocenters. The van der Waals surface area contributed by atoms with Gasteiger partial charge in [-0.2, -0.15) is 0 Å². The van der Waals surface area contributed by atoms with Crippen LogP contribution in [0.2, 0.25) is 0 Å². The van der Waals surface area contributed by atoms with Gasteiger partial charge >= 0.3 is 0 Å². The van der Waals surface area contributed by atoms with E-state index in [2.05, 4.69) is 16.0 Å². The third kappa shape index (κ3) is 4.34. The molecule has 2 aliphatic rings. The molecule has 1 aliphatic heterocycles.